The van der Waals surface area contributed by atoms with Gasteiger partial charge in [0.2, 0.25) is 0 Å². The first-order chi connectivity index (χ1) is 21.8. The number of ether oxygens (including phenoxy) is 1. The van der Waals surface area contributed by atoms with Gasteiger partial charge >= 0.3 is 11.7 Å². The number of halogens is 2. The number of nitrogens with zero attached hydrogens (tertiary/aromatic N) is 3. The van der Waals surface area contributed by atoms with E-state index in [1.807, 2.05) is 11.9 Å². The Bertz CT molecular complexity index is 1790. The minimum Gasteiger partial charge on any atom is -0.391 e. The molecule has 0 aliphatic carbocycles. The third-order valence-corrected chi connectivity index (χ3v) is 8.90. The van der Waals surface area contributed by atoms with Crippen molar-refractivity contribution in [1.29, 1.82) is 0 Å². The number of benzene rings is 2. The fraction of sp³-hybridized carbons (Fsp3) is 0.406. The number of likely N-dealkylation sites (N-methyl/N-ethyl adjacent to an activating group) is 1. The number of amides is 2. The Morgan fingerprint density at radius 1 is 1.04 bits per heavy atom. The topological polar surface area (TPSA) is 127 Å². The molecule has 3 N–H and O–H groups in total. The molecule has 1 atom stereocenters. The van der Waals surface area contributed by atoms with Crippen LogP contribution in [-0.4, -0.2) is 65.7 Å². The Morgan fingerprint density at radius 2 is 1.70 bits per heavy atom. The fourth-order valence-electron chi connectivity index (χ4n) is 4.84. The Balaban J connectivity index is 2.00. The number of aromatic nitrogens is 2. The predicted octanol–water partition coefficient (Wildman–Crippen LogP) is 4.39. The maximum Gasteiger partial charge on any atom is 0.343 e. The van der Waals surface area contributed by atoms with Crippen molar-refractivity contribution in [2.45, 2.75) is 46.5 Å². The van der Waals surface area contributed by atoms with Gasteiger partial charge in [0.15, 0.2) is 0 Å². The number of hydrogen-bond acceptors (Lipinski definition) is 8. The standard InChI is InChI=1S/C32H39F2N5O6S/c1-32(2,3)25(40)18-38-28(41)26-22(16-37(4)14-15-44-5)27(19-10-12-20(13-11-19)35-30(42)36-45-6)46-29(26)39(31(38)43)17-21-23(33)8-7-9-24(21)34/h7-13,25,40H,14-18H2,1-6H3,(H2,35,36,42). The maximum absolute atomic E-state index is 14.9. The Hall–Kier alpha value is -3.95. The molecular formula is C32H39F2N5O6S. The van der Waals surface area contributed by atoms with Gasteiger partial charge in [-0.3, -0.25) is 23.7 Å². The number of aliphatic hydroxyl groups is 1. The van der Waals surface area contributed by atoms with Crippen molar-refractivity contribution in [1.82, 2.24) is 19.5 Å². The first-order valence-corrected chi connectivity index (χ1v) is 15.4. The molecule has 1 unspecified atom stereocenters. The summed E-state index contributed by atoms with van der Waals surface area (Å²) < 4.78 is 37.2. The van der Waals surface area contributed by atoms with Crippen molar-refractivity contribution in [3.8, 4) is 10.4 Å². The zero-order chi connectivity index (χ0) is 33.8. The number of urea groups is 1. The number of hydrogen-bond donors (Lipinski definition) is 3. The average molecular weight is 660 g/mol. The van der Waals surface area contributed by atoms with Gasteiger partial charge in [-0.2, -0.15) is 0 Å². The Kier molecular flexibility index (Phi) is 11.1. The smallest absolute Gasteiger partial charge is 0.343 e. The lowest BCUT2D eigenvalue weighted by molar-refractivity contribution is 0.0460. The summed E-state index contributed by atoms with van der Waals surface area (Å²) in [5.74, 6) is -1.66. The van der Waals surface area contributed by atoms with E-state index in [1.165, 1.54) is 17.7 Å². The summed E-state index contributed by atoms with van der Waals surface area (Å²) in [6.07, 6.45) is -1.07. The molecule has 0 radical (unpaired) electrons. The van der Waals surface area contributed by atoms with Crippen LogP contribution in [0.5, 0.6) is 0 Å². The van der Waals surface area contributed by atoms with Gasteiger partial charge in [-0.05, 0) is 47.9 Å². The largest absolute Gasteiger partial charge is 0.391 e. The van der Waals surface area contributed by atoms with Gasteiger partial charge in [-0.15, -0.1) is 11.3 Å². The molecule has 0 spiro atoms. The Labute approximate surface area is 268 Å². The molecule has 0 aliphatic heterocycles. The normalized spacial score (nSPS) is 12.6. The summed E-state index contributed by atoms with van der Waals surface area (Å²) in [5, 5.41) is 13.8. The highest BCUT2D eigenvalue weighted by atomic mass is 32.1. The van der Waals surface area contributed by atoms with Crippen LogP contribution in [0.1, 0.15) is 31.9 Å². The van der Waals surface area contributed by atoms with Gasteiger partial charge in [0, 0.05) is 36.3 Å². The predicted molar refractivity (Wildman–Crippen MR) is 174 cm³/mol. The summed E-state index contributed by atoms with van der Waals surface area (Å²) in [4.78, 5) is 47.6. The average Bonchev–Trinajstić information content (AvgIpc) is 3.36. The molecule has 0 bridgehead atoms. The lowest BCUT2D eigenvalue weighted by atomic mass is 9.89. The van der Waals surface area contributed by atoms with Crippen LogP contribution >= 0.6 is 11.3 Å². The molecule has 0 saturated heterocycles. The molecule has 2 aromatic carbocycles. The molecule has 248 valence electrons. The number of carbonyl (C=O) groups is 1. The Morgan fingerprint density at radius 3 is 2.28 bits per heavy atom. The maximum atomic E-state index is 14.9. The molecular weight excluding hydrogens is 620 g/mol. The number of carbonyl (C=O) groups excluding carboxylic acids is 1. The van der Waals surface area contributed by atoms with E-state index in [0.717, 1.165) is 28.0 Å². The summed E-state index contributed by atoms with van der Waals surface area (Å²) in [6, 6.07) is 9.75. The molecule has 46 heavy (non-hydrogen) atoms. The number of thiophene rings is 1. The van der Waals surface area contributed by atoms with Crippen molar-refractivity contribution in [3.05, 3.63) is 86.1 Å². The minimum absolute atomic E-state index is 0.211. The van der Waals surface area contributed by atoms with Crippen LogP contribution < -0.4 is 22.0 Å². The number of nitrogens with one attached hydrogen (secondary N) is 2. The first kappa shape index (κ1) is 34.9. The number of methoxy groups -OCH3 is 1. The van der Waals surface area contributed by atoms with Crippen LogP contribution in [0.15, 0.2) is 52.1 Å². The molecule has 2 aromatic heterocycles. The van der Waals surface area contributed by atoms with Crippen LogP contribution in [-0.2, 0) is 29.2 Å². The van der Waals surface area contributed by atoms with Crippen molar-refractivity contribution < 1.29 is 28.3 Å². The van der Waals surface area contributed by atoms with Crippen LogP contribution in [0.3, 0.4) is 0 Å². The summed E-state index contributed by atoms with van der Waals surface area (Å²) in [7, 11) is 4.76. The molecule has 0 saturated carbocycles. The fourth-order valence-corrected chi connectivity index (χ4v) is 6.14. The monoisotopic (exact) mass is 659 g/mol. The molecule has 11 nitrogen and oxygen atoms in total. The second-order valence-corrected chi connectivity index (χ2v) is 13.0. The van der Waals surface area contributed by atoms with Gasteiger partial charge in [-0.1, -0.05) is 39.0 Å². The third kappa shape index (κ3) is 7.70. The minimum atomic E-state index is -1.07. The van der Waals surface area contributed by atoms with Crippen LogP contribution in [0.2, 0.25) is 0 Å². The quantitative estimate of drug-likeness (QED) is 0.193. The second kappa shape index (κ2) is 14.6. The van der Waals surface area contributed by atoms with E-state index in [0.29, 0.717) is 34.8 Å². The van der Waals surface area contributed by atoms with Crippen molar-refractivity contribution in [2.75, 3.05) is 39.7 Å². The lowest BCUT2D eigenvalue weighted by Crippen LogP contribution is -2.45. The van der Waals surface area contributed by atoms with Gasteiger partial charge in [-0.25, -0.2) is 23.9 Å². The number of aliphatic hydroxyl groups excluding tert-OH is 1. The number of fused-ring (bicyclic) bond motifs is 1. The van der Waals surface area contributed by atoms with Crippen LogP contribution in [0.25, 0.3) is 20.7 Å². The van der Waals surface area contributed by atoms with Crippen molar-refractivity contribution in [2.24, 2.45) is 5.41 Å². The van der Waals surface area contributed by atoms with Crippen LogP contribution in [0.4, 0.5) is 19.3 Å². The second-order valence-electron chi connectivity index (χ2n) is 12.0. The summed E-state index contributed by atoms with van der Waals surface area (Å²) >= 11 is 1.15. The first-order valence-electron chi connectivity index (χ1n) is 14.5. The number of hydroxylamine groups is 1. The van der Waals surface area contributed by atoms with E-state index in [9.17, 15) is 28.3 Å². The van der Waals surface area contributed by atoms with E-state index in [4.69, 9.17) is 4.74 Å². The van der Waals surface area contributed by atoms with Gasteiger partial charge in [0.25, 0.3) is 5.56 Å². The van der Waals surface area contributed by atoms with E-state index in [2.05, 4.69) is 15.6 Å². The molecule has 0 fully saturated rings. The van der Waals surface area contributed by atoms with Crippen LogP contribution in [0, 0.1) is 17.0 Å². The zero-order valence-corrected chi connectivity index (χ0v) is 27.5. The third-order valence-electron chi connectivity index (χ3n) is 7.59. The van der Waals surface area contributed by atoms with E-state index in [1.54, 1.807) is 52.1 Å². The summed E-state index contributed by atoms with van der Waals surface area (Å²) in [5.41, 5.74) is 1.54. The highest BCUT2D eigenvalue weighted by Gasteiger charge is 2.28. The molecule has 14 heteroatoms. The lowest BCUT2D eigenvalue weighted by Gasteiger charge is -2.26. The van der Waals surface area contributed by atoms with E-state index < -0.39 is 47.0 Å². The SMILES string of the molecule is COCCN(C)Cc1c(-c2ccc(NC(=O)NOC)cc2)sc2c1c(=O)n(CC(O)C(C)(C)C)c(=O)n2Cc1c(F)cccc1F. The van der Waals surface area contributed by atoms with Gasteiger partial charge in [0.05, 0.1) is 38.3 Å². The van der Waals surface area contributed by atoms with E-state index in [-0.39, 0.29) is 28.9 Å². The molecule has 4 rings (SSSR count). The highest BCUT2D eigenvalue weighted by molar-refractivity contribution is 7.22. The van der Waals surface area contributed by atoms with Gasteiger partial charge in [0.1, 0.15) is 16.5 Å². The number of anilines is 1. The molecule has 2 amide bonds. The molecule has 2 heterocycles. The highest BCUT2D eigenvalue weighted by Crippen LogP contribution is 2.38. The van der Waals surface area contributed by atoms with Gasteiger partial charge < -0.3 is 15.2 Å². The molecule has 4 aromatic rings. The summed E-state index contributed by atoms with van der Waals surface area (Å²) in [6.45, 7) is 5.79. The van der Waals surface area contributed by atoms with Crippen molar-refractivity contribution >= 4 is 33.3 Å². The number of rotatable bonds is 12. The van der Waals surface area contributed by atoms with Crippen molar-refractivity contribution in [3.63, 3.8) is 0 Å². The molecule has 0 aliphatic rings. The van der Waals surface area contributed by atoms with E-state index >= 15 is 0 Å². The zero-order valence-electron chi connectivity index (χ0n) is 26.6.